The molecule has 0 aliphatic carbocycles. The van der Waals surface area contributed by atoms with E-state index in [0.717, 1.165) is 12.3 Å². The van der Waals surface area contributed by atoms with Crippen LogP contribution >= 0.6 is 23.2 Å². The number of rotatable bonds is 5. The summed E-state index contributed by atoms with van der Waals surface area (Å²) in [6.45, 7) is 1.51. The Balaban J connectivity index is 2.21. The van der Waals surface area contributed by atoms with Crippen molar-refractivity contribution in [1.82, 2.24) is 14.5 Å². The van der Waals surface area contributed by atoms with Gasteiger partial charge in [-0.3, -0.25) is 0 Å². The monoisotopic (exact) mass is 477 g/mol. The van der Waals surface area contributed by atoms with E-state index in [0.29, 0.717) is 15.6 Å². The number of aromatic nitrogens is 3. The number of alkyl halides is 3. The summed E-state index contributed by atoms with van der Waals surface area (Å²) in [6, 6.07) is 5.60. The Labute approximate surface area is 181 Å². The maximum absolute atomic E-state index is 13.0. The molecule has 0 spiro atoms. The highest BCUT2D eigenvalue weighted by molar-refractivity contribution is 7.91. The number of imidazole rings is 1. The second kappa shape index (κ2) is 8.20. The normalized spacial score (nSPS) is 13.2. The van der Waals surface area contributed by atoms with Crippen molar-refractivity contribution < 1.29 is 21.6 Å². The van der Waals surface area contributed by atoms with Gasteiger partial charge < -0.3 is 4.57 Å². The first-order valence-corrected chi connectivity index (χ1v) is 11.2. The molecule has 0 N–H and O–H groups in total. The molecule has 0 aliphatic heterocycles. The molecule has 3 aromatic rings. The van der Waals surface area contributed by atoms with E-state index in [9.17, 15) is 21.6 Å². The van der Waals surface area contributed by atoms with Crippen LogP contribution in [0.15, 0.2) is 30.5 Å². The summed E-state index contributed by atoms with van der Waals surface area (Å²) in [5, 5.41) is 0.705. The molecule has 0 fully saturated rings. The summed E-state index contributed by atoms with van der Waals surface area (Å²) >= 11 is 12.1. The zero-order valence-electron chi connectivity index (χ0n) is 15.8. The van der Waals surface area contributed by atoms with E-state index in [1.54, 1.807) is 19.2 Å². The van der Waals surface area contributed by atoms with Crippen molar-refractivity contribution >= 4 is 55.9 Å². The lowest BCUT2D eigenvalue weighted by Crippen LogP contribution is -2.12. The number of pyridine rings is 1. The van der Waals surface area contributed by atoms with E-state index in [1.807, 2.05) is 0 Å². The molecule has 160 valence electrons. The quantitative estimate of drug-likeness (QED) is 0.501. The highest BCUT2D eigenvalue weighted by Gasteiger charge is 2.32. The molecule has 3 rings (SSSR count). The van der Waals surface area contributed by atoms with Crippen molar-refractivity contribution in [3.8, 4) is 0 Å². The van der Waals surface area contributed by atoms with Gasteiger partial charge in [-0.15, -0.1) is 0 Å². The molecule has 5 nitrogen and oxygen atoms in total. The molecule has 0 radical (unpaired) electrons. The molecule has 0 atom stereocenters. The summed E-state index contributed by atoms with van der Waals surface area (Å²) in [5.41, 5.74) is 0.0323. The highest BCUT2D eigenvalue weighted by Crippen LogP contribution is 2.32. The van der Waals surface area contributed by atoms with Crippen molar-refractivity contribution in [2.24, 2.45) is 7.05 Å². The largest absolute Gasteiger partial charge is 0.417 e. The van der Waals surface area contributed by atoms with E-state index in [4.69, 9.17) is 23.2 Å². The maximum atomic E-state index is 13.0. The third-order valence-electron chi connectivity index (χ3n) is 4.43. The van der Waals surface area contributed by atoms with Crippen LogP contribution < -0.4 is 0 Å². The minimum Gasteiger partial charge on any atom is -0.312 e. The zero-order valence-corrected chi connectivity index (χ0v) is 18.2. The van der Waals surface area contributed by atoms with E-state index in [2.05, 4.69) is 9.97 Å². The van der Waals surface area contributed by atoms with Gasteiger partial charge in [0.2, 0.25) is 0 Å². The van der Waals surface area contributed by atoms with Gasteiger partial charge in [0.05, 0.1) is 11.3 Å². The lowest BCUT2D eigenvalue weighted by Gasteiger charge is -2.09. The second-order valence-electron chi connectivity index (χ2n) is 6.57. The first-order valence-electron chi connectivity index (χ1n) is 8.67. The predicted molar refractivity (Wildman–Crippen MR) is 112 cm³/mol. The van der Waals surface area contributed by atoms with Crippen molar-refractivity contribution in [3.63, 3.8) is 0 Å². The van der Waals surface area contributed by atoms with Gasteiger partial charge in [0, 0.05) is 34.6 Å². The molecule has 0 amide bonds. The maximum Gasteiger partial charge on any atom is 0.417 e. The third kappa shape index (κ3) is 4.79. The van der Waals surface area contributed by atoms with Crippen molar-refractivity contribution in [2.45, 2.75) is 13.1 Å². The lowest BCUT2D eigenvalue weighted by molar-refractivity contribution is -0.137. The SMILES string of the molecule is CCS(=O)(=O)C/C(=C\c1ccc(Cl)cc1Cl)c1nc2cc(C(F)(F)F)cnc2n1C. The van der Waals surface area contributed by atoms with Gasteiger partial charge in [-0.2, -0.15) is 13.2 Å². The number of aryl methyl sites for hydroxylation is 1. The van der Waals surface area contributed by atoms with Gasteiger partial charge in [0.25, 0.3) is 0 Å². The van der Waals surface area contributed by atoms with Crippen LogP contribution in [0.4, 0.5) is 13.2 Å². The summed E-state index contributed by atoms with van der Waals surface area (Å²) in [6.07, 6.45) is -2.31. The van der Waals surface area contributed by atoms with E-state index in [1.165, 1.54) is 23.6 Å². The molecule has 2 heterocycles. The fourth-order valence-electron chi connectivity index (χ4n) is 2.83. The number of nitrogens with zero attached hydrogens (tertiary/aromatic N) is 3. The second-order valence-corrected chi connectivity index (χ2v) is 9.77. The van der Waals surface area contributed by atoms with Crippen LogP contribution in [-0.4, -0.2) is 34.5 Å². The lowest BCUT2D eigenvalue weighted by atomic mass is 10.1. The number of hydrogen-bond donors (Lipinski definition) is 0. The van der Waals surface area contributed by atoms with Crippen LogP contribution in [0.1, 0.15) is 23.9 Å². The minimum absolute atomic E-state index is 0.00400. The van der Waals surface area contributed by atoms with Gasteiger partial charge in [0.15, 0.2) is 15.5 Å². The summed E-state index contributed by atoms with van der Waals surface area (Å²) in [7, 11) is -1.93. The first-order chi connectivity index (χ1) is 13.9. The van der Waals surface area contributed by atoms with Crippen molar-refractivity contribution in [1.29, 1.82) is 0 Å². The summed E-state index contributed by atoms with van der Waals surface area (Å²) in [4.78, 5) is 8.11. The molecule has 30 heavy (non-hydrogen) atoms. The minimum atomic E-state index is -4.57. The van der Waals surface area contributed by atoms with Crippen LogP contribution in [0.25, 0.3) is 22.8 Å². The van der Waals surface area contributed by atoms with Gasteiger partial charge in [0.1, 0.15) is 11.3 Å². The molecule has 0 saturated heterocycles. The smallest absolute Gasteiger partial charge is 0.312 e. The van der Waals surface area contributed by atoms with Gasteiger partial charge in [-0.05, 0) is 29.8 Å². The van der Waals surface area contributed by atoms with Gasteiger partial charge in [-0.1, -0.05) is 36.2 Å². The Morgan fingerprint density at radius 3 is 2.53 bits per heavy atom. The molecular weight excluding hydrogens is 462 g/mol. The molecule has 11 heteroatoms. The molecule has 1 aromatic carbocycles. The number of sulfone groups is 1. The van der Waals surface area contributed by atoms with Crippen LogP contribution in [0, 0.1) is 0 Å². The van der Waals surface area contributed by atoms with E-state index >= 15 is 0 Å². The van der Waals surface area contributed by atoms with Gasteiger partial charge in [-0.25, -0.2) is 18.4 Å². The Kier molecular flexibility index (Phi) is 6.18. The van der Waals surface area contributed by atoms with E-state index < -0.39 is 21.6 Å². The molecular formula is C19H16Cl2F3N3O2S. The zero-order chi connectivity index (χ0) is 22.3. The summed E-state index contributed by atoms with van der Waals surface area (Å²) < 4.78 is 65.2. The number of fused-ring (bicyclic) bond motifs is 1. The molecule has 0 aliphatic rings. The fourth-order valence-corrected chi connectivity index (χ4v) is 4.19. The van der Waals surface area contributed by atoms with Crippen LogP contribution in [-0.2, 0) is 23.1 Å². The van der Waals surface area contributed by atoms with E-state index in [-0.39, 0.29) is 34.1 Å². The predicted octanol–water partition coefficient (Wildman–Crippen LogP) is 5.27. The summed E-state index contributed by atoms with van der Waals surface area (Å²) in [5.74, 6) is -0.301. The van der Waals surface area contributed by atoms with Crippen LogP contribution in [0.3, 0.4) is 0 Å². The average Bonchev–Trinajstić information content (AvgIpc) is 2.98. The Morgan fingerprint density at radius 2 is 1.93 bits per heavy atom. The topological polar surface area (TPSA) is 64.8 Å². The molecule has 0 bridgehead atoms. The Morgan fingerprint density at radius 1 is 1.23 bits per heavy atom. The first kappa shape index (κ1) is 22.6. The third-order valence-corrected chi connectivity index (χ3v) is 6.62. The van der Waals surface area contributed by atoms with Gasteiger partial charge >= 0.3 is 6.18 Å². The van der Waals surface area contributed by atoms with Crippen LogP contribution in [0.2, 0.25) is 10.0 Å². The molecule has 2 aromatic heterocycles. The van der Waals surface area contributed by atoms with Crippen LogP contribution in [0.5, 0.6) is 0 Å². The molecule has 0 saturated carbocycles. The number of halogens is 5. The number of benzene rings is 1. The molecule has 0 unspecified atom stereocenters. The number of hydrogen-bond acceptors (Lipinski definition) is 4. The standard InChI is InChI=1S/C19H16Cl2F3N3O2S/c1-3-30(28,29)10-12(6-11-4-5-14(20)8-15(11)21)17-26-16-7-13(19(22,23)24)9-25-18(16)27(17)2/h4-9H,3,10H2,1-2H3/b12-6+. The van der Waals surface area contributed by atoms with Crippen molar-refractivity contribution in [2.75, 3.05) is 11.5 Å². The highest BCUT2D eigenvalue weighted by atomic mass is 35.5. The fraction of sp³-hybridized carbons (Fsp3) is 0.263. The Hall–Kier alpha value is -2.10. The average molecular weight is 478 g/mol. The van der Waals surface area contributed by atoms with Crippen molar-refractivity contribution in [3.05, 3.63) is 57.5 Å². The Bertz CT molecular complexity index is 1250.